The van der Waals surface area contributed by atoms with Gasteiger partial charge < -0.3 is 4.74 Å². The highest BCUT2D eigenvalue weighted by molar-refractivity contribution is 9.09. The summed E-state index contributed by atoms with van der Waals surface area (Å²) in [6.45, 7) is 4.42. The Balaban J connectivity index is 2.20. The van der Waals surface area contributed by atoms with Crippen LogP contribution in [0.25, 0.3) is 0 Å². The van der Waals surface area contributed by atoms with Crippen LogP contribution in [0.2, 0.25) is 0 Å². The van der Waals surface area contributed by atoms with Gasteiger partial charge in [-0.1, -0.05) is 66.2 Å². The molecular weight excluding hydrogens is 300 g/mol. The zero-order valence-electron chi connectivity index (χ0n) is 11.6. The van der Waals surface area contributed by atoms with Gasteiger partial charge in [0.05, 0.1) is 11.9 Å². The van der Waals surface area contributed by atoms with Crippen molar-refractivity contribution in [2.24, 2.45) is 0 Å². The molecule has 2 heteroatoms. The summed E-state index contributed by atoms with van der Waals surface area (Å²) in [4.78, 5) is 0.222. The first-order valence-corrected chi connectivity index (χ1v) is 7.41. The Labute approximate surface area is 123 Å². The van der Waals surface area contributed by atoms with Crippen molar-refractivity contribution in [2.75, 3.05) is 7.11 Å². The van der Waals surface area contributed by atoms with E-state index in [2.05, 4.69) is 66.2 Å². The van der Waals surface area contributed by atoms with Crippen molar-refractivity contribution in [1.29, 1.82) is 0 Å². The topological polar surface area (TPSA) is 9.23 Å². The summed E-state index contributed by atoms with van der Waals surface area (Å²) < 4.78 is 5.18. The van der Waals surface area contributed by atoms with Gasteiger partial charge in [-0.15, -0.1) is 0 Å². The molecule has 0 saturated carbocycles. The molecule has 2 aromatic rings. The van der Waals surface area contributed by atoms with Gasteiger partial charge >= 0.3 is 0 Å². The molecule has 0 amide bonds. The second-order valence-electron chi connectivity index (χ2n) is 4.96. The predicted molar refractivity (Wildman–Crippen MR) is 84.3 cm³/mol. The van der Waals surface area contributed by atoms with E-state index in [1.54, 1.807) is 7.11 Å². The highest BCUT2D eigenvalue weighted by Gasteiger charge is 2.10. The summed E-state index contributed by atoms with van der Waals surface area (Å²) in [7, 11) is 1.69. The molecule has 2 aromatic carbocycles. The SMILES string of the molecule is COc1ccc(C(Br)c2ccc(C(C)C)cc2)cc1. The van der Waals surface area contributed by atoms with Gasteiger partial charge in [-0.3, -0.25) is 0 Å². The number of hydrogen-bond donors (Lipinski definition) is 0. The molecule has 100 valence electrons. The molecule has 1 nitrogen and oxygen atoms in total. The molecule has 2 rings (SSSR count). The monoisotopic (exact) mass is 318 g/mol. The summed E-state index contributed by atoms with van der Waals surface area (Å²) in [6, 6.07) is 17.0. The van der Waals surface area contributed by atoms with E-state index in [4.69, 9.17) is 4.74 Å². The number of methoxy groups -OCH3 is 1. The molecule has 0 aliphatic carbocycles. The van der Waals surface area contributed by atoms with Gasteiger partial charge in [0.25, 0.3) is 0 Å². The molecule has 0 heterocycles. The highest BCUT2D eigenvalue weighted by Crippen LogP contribution is 2.32. The van der Waals surface area contributed by atoms with Gasteiger partial charge in [-0.2, -0.15) is 0 Å². The van der Waals surface area contributed by atoms with Crippen molar-refractivity contribution in [1.82, 2.24) is 0 Å². The average molecular weight is 319 g/mol. The van der Waals surface area contributed by atoms with Crippen LogP contribution in [0.5, 0.6) is 5.75 Å². The van der Waals surface area contributed by atoms with E-state index in [9.17, 15) is 0 Å². The Morgan fingerprint density at radius 3 is 1.63 bits per heavy atom. The van der Waals surface area contributed by atoms with Crippen LogP contribution in [-0.4, -0.2) is 7.11 Å². The van der Waals surface area contributed by atoms with Gasteiger partial charge in [0.15, 0.2) is 0 Å². The summed E-state index contributed by atoms with van der Waals surface area (Å²) in [6.07, 6.45) is 0. The third-order valence-corrected chi connectivity index (χ3v) is 4.36. The van der Waals surface area contributed by atoms with Gasteiger partial charge in [0.2, 0.25) is 0 Å². The van der Waals surface area contributed by atoms with Crippen LogP contribution >= 0.6 is 15.9 Å². The smallest absolute Gasteiger partial charge is 0.118 e. The summed E-state index contributed by atoms with van der Waals surface area (Å²) in [5.41, 5.74) is 3.88. The minimum absolute atomic E-state index is 0.222. The van der Waals surface area contributed by atoms with Crippen molar-refractivity contribution < 1.29 is 4.74 Å². The Morgan fingerprint density at radius 2 is 1.21 bits per heavy atom. The minimum Gasteiger partial charge on any atom is -0.497 e. The number of halogens is 1. The third kappa shape index (κ3) is 3.38. The maximum atomic E-state index is 5.18. The molecule has 0 aliphatic heterocycles. The fourth-order valence-corrected chi connectivity index (χ4v) is 2.63. The molecule has 1 unspecified atom stereocenters. The second kappa shape index (κ2) is 6.25. The van der Waals surface area contributed by atoms with Crippen molar-refractivity contribution in [3.8, 4) is 5.75 Å². The molecule has 0 fully saturated rings. The van der Waals surface area contributed by atoms with Crippen LogP contribution in [-0.2, 0) is 0 Å². The molecule has 0 spiro atoms. The Hall–Kier alpha value is -1.28. The van der Waals surface area contributed by atoms with Crippen molar-refractivity contribution in [3.63, 3.8) is 0 Å². The standard InChI is InChI=1S/C17H19BrO/c1-12(2)13-4-6-14(7-5-13)17(18)15-8-10-16(19-3)11-9-15/h4-12,17H,1-3H3. The lowest BCUT2D eigenvalue weighted by Gasteiger charge is -2.13. The van der Waals surface area contributed by atoms with Gasteiger partial charge in [0.1, 0.15) is 5.75 Å². The molecule has 19 heavy (non-hydrogen) atoms. The number of ether oxygens (including phenoxy) is 1. The van der Waals surface area contributed by atoms with Gasteiger partial charge in [-0.25, -0.2) is 0 Å². The number of rotatable bonds is 4. The lowest BCUT2D eigenvalue weighted by Crippen LogP contribution is -1.94. The second-order valence-corrected chi connectivity index (χ2v) is 5.87. The van der Waals surface area contributed by atoms with Gasteiger partial charge in [0, 0.05) is 0 Å². The van der Waals surface area contributed by atoms with Crippen LogP contribution in [0.1, 0.15) is 41.3 Å². The van der Waals surface area contributed by atoms with Crippen LogP contribution in [0.3, 0.4) is 0 Å². The normalized spacial score (nSPS) is 12.5. The van der Waals surface area contributed by atoms with E-state index in [1.807, 2.05) is 12.1 Å². The van der Waals surface area contributed by atoms with E-state index < -0.39 is 0 Å². The van der Waals surface area contributed by atoms with Crippen molar-refractivity contribution in [2.45, 2.75) is 24.6 Å². The van der Waals surface area contributed by atoms with Gasteiger partial charge in [-0.05, 0) is 34.7 Å². The van der Waals surface area contributed by atoms with Crippen molar-refractivity contribution in [3.05, 3.63) is 65.2 Å². The zero-order chi connectivity index (χ0) is 13.8. The lowest BCUT2D eigenvalue weighted by atomic mass is 9.99. The fraction of sp³-hybridized carbons (Fsp3) is 0.294. The first-order chi connectivity index (χ1) is 9.11. The summed E-state index contributed by atoms with van der Waals surface area (Å²) >= 11 is 3.76. The van der Waals surface area contributed by atoms with E-state index in [0.29, 0.717) is 5.92 Å². The zero-order valence-corrected chi connectivity index (χ0v) is 13.1. The fourth-order valence-electron chi connectivity index (χ4n) is 2.02. The van der Waals surface area contributed by atoms with E-state index in [-0.39, 0.29) is 4.83 Å². The molecule has 0 bridgehead atoms. The molecule has 0 N–H and O–H groups in total. The number of alkyl halides is 1. The molecule has 0 radical (unpaired) electrons. The first-order valence-electron chi connectivity index (χ1n) is 6.49. The molecule has 0 aliphatic rings. The molecule has 0 saturated heterocycles. The van der Waals surface area contributed by atoms with Crippen LogP contribution in [0, 0.1) is 0 Å². The molecular formula is C17H19BrO. The Morgan fingerprint density at radius 1 is 0.789 bits per heavy atom. The first kappa shape index (κ1) is 14.1. The predicted octanol–water partition coefficient (Wildman–Crippen LogP) is 5.30. The van der Waals surface area contributed by atoms with Crippen LogP contribution in [0.4, 0.5) is 0 Å². The van der Waals surface area contributed by atoms with Crippen LogP contribution in [0.15, 0.2) is 48.5 Å². The lowest BCUT2D eigenvalue weighted by molar-refractivity contribution is 0.414. The number of benzene rings is 2. The summed E-state index contributed by atoms with van der Waals surface area (Å²) in [5.74, 6) is 1.46. The minimum atomic E-state index is 0.222. The Kier molecular flexibility index (Phi) is 4.65. The van der Waals surface area contributed by atoms with E-state index in [1.165, 1.54) is 16.7 Å². The Bertz CT molecular complexity index is 514. The van der Waals surface area contributed by atoms with E-state index in [0.717, 1.165) is 5.75 Å². The molecule has 0 aromatic heterocycles. The summed E-state index contributed by atoms with van der Waals surface area (Å²) in [5, 5.41) is 0. The largest absolute Gasteiger partial charge is 0.497 e. The van der Waals surface area contributed by atoms with Crippen LogP contribution < -0.4 is 4.74 Å². The number of hydrogen-bond acceptors (Lipinski definition) is 1. The molecule has 1 atom stereocenters. The third-order valence-electron chi connectivity index (χ3n) is 3.30. The average Bonchev–Trinajstić information content (AvgIpc) is 2.46. The van der Waals surface area contributed by atoms with E-state index >= 15 is 0 Å². The highest BCUT2D eigenvalue weighted by atomic mass is 79.9. The maximum absolute atomic E-state index is 5.18. The van der Waals surface area contributed by atoms with Crippen molar-refractivity contribution >= 4 is 15.9 Å². The maximum Gasteiger partial charge on any atom is 0.118 e. The quantitative estimate of drug-likeness (QED) is 0.695.